The van der Waals surface area contributed by atoms with E-state index < -0.39 is 23.7 Å². The number of rotatable bonds is 7. The van der Waals surface area contributed by atoms with Crippen LogP contribution in [0.4, 0.5) is 4.79 Å². The van der Waals surface area contributed by atoms with Gasteiger partial charge in [0.15, 0.2) is 5.78 Å². The second kappa shape index (κ2) is 11.9. The Morgan fingerprint density at radius 3 is 2.57 bits per heavy atom. The Morgan fingerprint density at radius 1 is 1.17 bits per heavy atom. The maximum absolute atomic E-state index is 14.3. The molecule has 2 unspecified atom stereocenters. The Hall–Kier alpha value is -4.22. The molecule has 3 aromatic rings. The minimum Gasteiger partial charge on any atom is -0.487 e. The third-order valence-electron chi connectivity index (χ3n) is 6.89. The minimum atomic E-state index is -0.678. The van der Waals surface area contributed by atoms with Gasteiger partial charge in [0.2, 0.25) is 5.91 Å². The van der Waals surface area contributed by atoms with E-state index >= 15 is 0 Å². The predicted molar refractivity (Wildman–Crippen MR) is 155 cm³/mol. The van der Waals surface area contributed by atoms with Crippen LogP contribution in [0.3, 0.4) is 0 Å². The van der Waals surface area contributed by atoms with Crippen LogP contribution in [0.1, 0.15) is 66.3 Å². The number of carbonyl (C=O) groups is 3. The summed E-state index contributed by atoms with van der Waals surface area (Å²) in [4.78, 5) is 47.4. The summed E-state index contributed by atoms with van der Waals surface area (Å²) in [6, 6.07) is 10.5. The standard InChI is InChI=1S/C30H32ClN5O6/c1-30(2,3)42-24-14-19(23(38)10-13-37)6-9-22(24)28-34-26(18-4-7-21(31)8-5-18)27(20-15-33-41-17-20)36(28)29(40)35-12-11-32-25(39)16-35/h4-9,14-15,17,26-27,37H,10-13,16H2,1-3H3,(H,32,39). The number of aromatic nitrogens is 1. The summed E-state index contributed by atoms with van der Waals surface area (Å²) in [6.07, 6.45) is 2.97. The van der Waals surface area contributed by atoms with E-state index in [1.54, 1.807) is 41.4 Å². The van der Waals surface area contributed by atoms with E-state index in [1.165, 1.54) is 11.2 Å². The second-order valence-corrected chi connectivity index (χ2v) is 11.5. The van der Waals surface area contributed by atoms with Crippen LogP contribution in [-0.2, 0) is 4.79 Å². The number of urea groups is 1. The zero-order chi connectivity index (χ0) is 30.0. The zero-order valence-corrected chi connectivity index (χ0v) is 24.3. The van der Waals surface area contributed by atoms with Gasteiger partial charge in [-0.25, -0.2) is 4.79 Å². The molecule has 0 bridgehead atoms. The summed E-state index contributed by atoms with van der Waals surface area (Å²) in [5, 5.41) is 16.5. The maximum atomic E-state index is 14.3. The van der Waals surface area contributed by atoms with Gasteiger partial charge in [0.05, 0.1) is 24.4 Å². The van der Waals surface area contributed by atoms with Gasteiger partial charge in [-0.05, 0) is 50.6 Å². The van der Waals surface area contributed by atoms with Crippen LogP contribution in [0.5, 0.6) is 5.75 Å². The Kier molecular flexibility index (Phi) is 8.33. The van der Waals surface area contributed by atoms with Crippen molar-refractivity contribution in [2.24, 2.45) is 4.99 Å². The molecule has 3 amide bonds. The minimum absolute atomic E-state index is 0.0366. The fourth-order valence-corrected chi connectivity index (χ4v) is 5.17. The summed E-state index contributed by atoms with van der Waals surface area (Å²) in [5.41, 5.74) is 1.59. The number of hydrogen-bond acceptors (Lipinski definition) is 8. The highest BCUT2D eigenvalue weighted by Gasteiger charge is 2.46. The van der Waals surface area contributed by atoms with E-state index in [-0.39, 0.29) is 31.3 Å². The van der Waals surface area contributed by atoms with Gasteiger partial charge in [-0.15, -0.1) is 0 Å². The van der Waals surface area contributed by atoms with Gasteiger partial charge in [-0.2, -0.15) is 0 Å². The molecule has 11 nitrogen and oxygen atoms in total. The van der Waals surface area contributed by atoms with Gasteiger partial charge >= 0.3 is 6.03 Å². The van der Waals surface area contributed by atoms with Gasteiger partial charge in [0, 0.05) is 35.7 Å². The van der Waals surface area contributed by atoms with Crippen LogP contribution in [0, 0.1) is 0 Å². The van der Waals surface area contributed by atoms with Crippen molar-refractivity contribution in [1.29, 1.82) is 0 Å². The van der Waals surface area contributed by atoms with Gasteiger partial charge in [-0.3, -0.25) is 19.5 Å². The highest BCUT2D eigenvalue weighted by Crippen LogP contribution is 2.45. The lowest BCUT2D eigenvalue weighted by molar-refractivity contribution is -0.123. The average molecular weight is 594 g/mol. The first kappa shape index (κ1) is 29.3. The molecule has 2 aliphatic heterocycles. The first-order chi connectivity index (χ1) is 20.1. The zero-order valence-electron chi connectivity index (χ0n) is 23.5. The number of benzene rings is 2. The number of nitrogens with zero attached hydrogens (tertiary/aromatic N) is 4. The number of aliphatic imine (C=N–C) groups is 1. The number of piperazine rings is 1. The predicted octanol–water partition coefficient (Wildman–Crippen LogP) is 4.17. The quantitative estimate of drug-likeness (QED) is 0.392. The molecule has 2 atom stereocenters. The van der Waals surface area contributed by atoms with Crippen LogP contribution in [0.25, 0.3) is 0 Å². The Bertz CT molecular complexity index is 1500. The monoisotopic (exact) mass is 593 g/mol. The molecule has 2 aromatic carbocycles. The van der Waals surface area contributed by atoms with Crippen LogP contribution in [0.15, 0.2) is 64.4 Å². The molecular weight excluding hydrogens is 562 g/mol. The number of amides is 3. The van der Waals surface area contributed by atoms with Gasteiger partial charge < -0.3 is 24.6 Å². The van der Waals surface area contributed by atoms with E-state index in [0.717, 1.165) is 5.56 Å². The number of amidine groups is 1. The molecule has 12 heteroatoms. The number of nitrogens with one attached hydrogen (secondary N) is 1. The van der Waals surface area contributed by atoms with E-state index in [1.807, 2.05) is 32.9 Å². The van der Waals surface area contributed by atoms with Crippen molar-refractivity contribution in [3.63, 3.8) is 0 Å². The smallest absolute Gasteiger partial charge is 0.326 e. The van der Waals surface area contributed by atoms with E-state index in [9.17, 15) is 19.5 Å². The molecule has 0 aliphatic carbocycles. The average Bonchev–Trinajstić information content (AvgIpc) is 3.61. The SMILES string of the molecule is CC(C)(C)Oc1cc(C(=O)CCO)ccc1C1=NC(c2ccc(Cl)cc2)C(c2cnoc2)N1C(=O)N1CCNC(=O)C1. The van der Waals surface area contributed by atoms with Crippen molar-refractivity contribution in [3.05, 3.63) is 82.2 Å². The van der Waals surface area contributed by atoms with E-state index in [2.05, 4.69) is 10.5 Å². The van der Waals surface area contributed by atoms with Crippen molar-refractivity contribution in [2.75, 3.05) is 26.2 Å². The molecule has 5 rings (SSSR count). The van der Waals surface area contributed by atoms with Gasteiger partial charge in [-0.1, -0.05) is 35.0 Å². The summed E-state index contributed by atoms with van der Waals surface area (Å²) in [5.74, 6) is 0.147. The highest BCUT2D eigenvalue weighted by molar-refractivity contribution is 6.30. The number of Topliss-reactive ketones (excluding diaryl/α,β-unsaturated/α-hetero) is 1. The van der Waals surface area contributed by atoms with Crippen LogP contribution in [0.2, 0.25) is 5.02 Å². The molecule has 1 aromatic heterocycles. The highest BCUT2D eigenvalue weighted by atomic mass is 35.5. The molecule has 1 saturated heterocycles. The van der Waals surface area contributed by atoms with Crippen LogP contribution < -0.4 is 10.1 Å². The molecule has 1 fully saturated rings. The number of aliphatic hydroxyl groups excluding tert-OH is 1. The fourth-order valence-electron chi connectivity index (χ4n) is 5.05. The third kappa shape index (κ3) is 6.17. The van der Waals surface area contributed by atoms with E-state index in [4.69, 9.17) is 25.9 Å². The first-order valence-electron chi connectivity index (χ1n) is 13.6. The molecule has 0 radical (unpaired) electrons. The van der Waals surface area contributed by atoms with Crippen molar-refractivity contribution >= 4 is 35.2 Å². The van der Waals surface area contributed by atoms with Crippen molar-refractivity contribution in [1.82, 2.24) is 20.3 Å². The van der Waals surface area contributed by atoms with Crippen molar-refractivity contribution < 1.29 is 28.8 Å². The normalized spacial score (nSPS) is 19.0. The van der Waals surface area contributed by atoms with Crippen LogP contribution >= 0.6 is 11.6 Å². The summed E-state index contributed by atoms with van der Waals surface area (Å²) >= 11 is 6.19. The topological polar surface area (TPSA) is 138 Å². The fraction of sp³-hybridized carbons (Fsp3) is 0.367. The number of ketones is 1. The molecule has 3 heterocycles. The third-order valence-corrected chi connectivity index (χ3v) is 7.14. The number of hydrogen-bond donors (Lipinski definition) is 2. The lowest BCUT2D eigenvalue weighted by Gasteiger charge is -2.35. The lowest BCUT2D eigenvalue weighted by Crippen LogP contribution is -2.55. The molecule has 220 valence electrons. The molecular formula is C30H32ClN5O6. The number of aliphatic hydroxyl groups is 1. The van der Waals surface area contributed by atoms with Crippen molar-refractivity contribution in [3.8, 4) is 5.75 Å². The van der Waals surface area contributed by atoms with Crippen molar-refractivity contribution in [2.45, 2.75) is 44.9 Å². The molecule has 2 N–H and O–H groups in total. The number of halogens is 1. The van der Waals surface area contributed by atoms with Gasteiger partial charge in [0.25, 0.3) is 0 Å². The Morgan fingerprint density at radius 2 is 1.93 bits per heavy atom. The summed E-state index contributed by atoms with van der Waals surface area (Å²) in [7, 11) is 0. The second-order valence-electron chi connectivity index (χ2n) is 11.1. The molecule has 0 saturated carbocycles. The van der Waals surface area contributed by atoms with Gasteiger partial charge in [0.1, 0.15) is 36.0 Å². The lowest BCUT2D eigenvalue weighted by atomic mass is 9.96. The largest absolute Gasteiger partial charge is 0.487 e. The number of ether oxygens (including phenoxy) is 1. The molecule has 2 aliphatic rings. The van der Waals surface area contributed by atoms with E-state index in [0.29, 0.717) is 46.4 Å². The summed E-state index contributed by atoms with van der Waals surface area (Å²) in [6.45, 7) is 5.88. The van der Waals surface area contributed by atoms with Crippen LogP contribution in [-0.4, -0.2) is 75.5 Å². The summed E-state index contributed by atoms with van der Waals surface area (Å²) < 4.78 is 11.5. The number of carbonyl (C=O) groups excluding carboxylic acids is 3. The molecule has 42 heavy (non-hydrogen) atoms. The molecule has 0 spiro atoms. The first-order valence-corrected chi connectivity index (χ1v) is 14.0. The Balaban J connectivity index is 1.70. The maximum Gasteiger partial charge on any atom is 0.326 e. The Labute approximate surface area is 248 Å².